The number of nitrogens with one attached hydrogen (secondary N) is 2. The molecule has 3 aromatic rings. The van der Waals surface area contributed by atoms with Gasteiger partial charge in [0.25, 0.3) is 15.9 Å². The van der Waals surface area contributed by atoms with E-state index in [0.29, 0.717) is 11.4 Å². The molecule has 0 aliphatic rings. The number of hydrogen-bond acceptors (Lipinski definition) is 3. The van der Waals surface area contributed by atoms with Gasteiger partial charge >= 0.3 is 0 Å². The molecule has 5 nitrogen and oxygen atoms in total. The highest BCUT2D eigenvalue weighted by atomic mass is 79.9. The van der Waals surface area contributed by atoms with Crippen LogP contribution in [-0.4, -0.2) is 14.3 Å². The molecule has 3 rings (SSSR count). The van der Waals surface area contributed by atoms with Crippen LogP contribution in [0.1, 0.15) is 10.4 Å². The van der Waals surface area contributed by atoms with Crippen LogP contribution in [0, 0.1) is 5.82 Å². The lowest BCUT2D eigenvalue weighted by atomic mass is 10.2. The Bertz CT molecular complexity index is 1070. The zero-order valence-corrected chi connectivity index (χ0v) is 16.2. The first kappa shape index (κ1) is 19.1. The van der Waals surface area contributed by atoms with E-state index in [-0.39, 0.29) is 10.5 Å². The van der Waals surface area contributed by atoms with Gasteiger partial charge in [-0.15, -0.1) is 0 Å². The number of halogens is 2. The van der Waals surface area contributed by atoms with Gasteiger partial charge < -0.3 is 5.32 Å². The van der Waals surface area contributed by atoms with Crippen LogP contribution in [0.15, 0.2) is 82.2 Å². The summed E-state index contributed by atoms with van der Waals surface area (Å²) < 4.78 is 41.8. The number of carbonyl (C=O) groups is 1. The van der Waals surface area contributed by atoms with Crippen molar-refractivity contribution in [3.63, 3.8) is 0 Å². The SMILES string of the molecule is O=C(Nc1ccc(S(=O)(=O)Nc2ccc(Br)cc2)cc1)c1ccccc1F. The van der Waals surface area contributed by atoms with Crippen molar-refractivity contribution in [3.05, 3.63) is 88.6 Å². The highest BCUT2D eigenvalue weighted by Gasteiger charge is 2.15. The predicted octanol–water partition coefficient (Wildman–Crippen LogP) is 4.64. The van der Waals surface area contributed by atoms with Crippen LogP contribution >= 0.6 is 15.9 Å². The lowest BCUT2D eigenvalue weighted by Gasteiger charge is -2.10. The normalized spacial score (nSPS) is 11.0. The Morgan fingerprint density at radius 1 is 0.852 bits per heavy atom. The summed E-state index contributed by atoms with van der Waals surface area (Å²) in [5.41, 5.74) is 0.687. The summed E-state index contributed by atoms with van der Waals surface area (Å²) >= 11 is 3.28. The average molecular weight is 449 g/mol. The van der Waals surface area contributed by atoms with E-state index in [2.05, 4.69) is 26.0 Å². The van der Waals surface area contributed by atoms with Crippen molar-refractivity contribution in [1.29, 1.82) is 0 Å². The third-order valence-corrected chi connectivity index (χ3v) is 5.56. The number of hydrogen-bond donors (Lipinski definition) is 2. The molecule has 0 fully saturated rings. The van der Waals surface area contributed by atoms with Crippen molar-refractivity contribution in [2.75, 3.05) is 10.0 Å². The second kappa shape index (κ2) is 7.89. The summed E-state index contributed by atoms with van der Waals surface area (Å²) in [6, 6.07) is 17.9. The van der Waals surface area contributed by atoms with Crippen LogP contribution in [0.25, 0.3) is 0 Å². The highest BCUT2D eigenvalue weighted by molar-refractivity contribution is 9.10. The number of amides is 1. The Hall–Kier alpha value is -2.71. The first-order chi connectivity index (χ1) is 12.8. The third-order valence-electron chi connectivity index (χ3n) is 3.64. The van der Waals surface area contributed by atoms with Gasteiger partial charge in [-0.25, -0.2) is 12.8 Å². The molecule has 2 N–H and O–H groups in total. The summed E-state index contributed by atoms with van der Waals surface area (Å²) in [6.07, 6.45) is 0. The lowest BCUT2D eigenvalue weighted by molar-refractivity contribution is 0.102. The number of anilines is 2. The molecule has 0 bridgehead atoms. The number of rotatable bonds is 5. The van der Waals surface area contributed by atoms with Crippen LogP contribution in [0.2, 0.25) is 0 Å². The molecule has 0 spiro atoms. The minimum Gasteiger partial charge on any atom is -0.322 e. The van der Waals surface area contributed by atoms with E-state index >= 15 is 0 Å². The van der Waals surface area contributed by atoms with Crippen molar-refractivity contribution >= 4 is 43.2 Å². The Labute approximate surface area is 164 Å². The second-order valence-electron chi connectivity index (χ2n) is 5.57. The minimum atomic E-state index is -3.77. The zero-order chi connectivity index (χ0) is 19.4. The lowest BCUT2D eigenvalue weighted by Crippen LogP contribution is -2.15. The molecule has 0 saturated carbocycles. The second-order valence-corrected chi connectivity index (χ2v) is 8.17. The maximum Gasteiger partial charge on any atom is 0.261 e. The molecule has 1 amide bonds. The molecule has 0 heterocycles. The quantitative estimate of drug-likeness (QED) is 0.596. The van der Waals surface area contributed by atoms with Crippen molar-refractivity contribution in [2.45, 2.75) is 4.90 Å². The van der Waals surface area contributed by atoms with E-state index < -0.39 is 21.7 Å². The zero-order valence-electron chi connectivity index (χ0n) is 13.8. The molecule has 0 atom stereocenters. The molecule has 27 heavy (non-hydrogen) atoms. The summed E-state index contributed by atoms with van der Waals surface area (Å²) in [5.74, 6) is -1.25. The van der Waals surface area contributed by atoms with Gasteiger partial charge in [0.1, 0.15) is 5.82 Å². The molecule has 3 aromatic carbocycles. The van der Waals surface area contributed by atoms with E-state index in [1.54, 1.807) is 30.3 Å². The van der Waals surface area contributed by atoms with E-state index in [0.717, 1.165) is 4.47 Å². The molecule has 0 aliphatic carbocycles. The van der Waals surface area contributed by atoms with Crippen LogP contribution < -0.4 is 10.0 Å². The highest BCUT2D eigenvalue weighted by Crippen LogP contribution is 2.20. The fourth-order valence-corrected chi connectivity index (χ4v) is 3.62. The molecule has 8 heteroatoms. The van der Waals surface area contributed by atoms with E-state index in [4.69, 9.17) is 0 Å². The summed E-state index contributed by atoms with van der Waals surface area (Å²) in [5, 5.41) is 2.53. The standard InChI is InChI=1S/C19H14BrFN2O3S/c20-13-5-7-15(8-6-13)23-27(25,26)16-11-9-14(10-12-16)22-19(24)17-3-1-2-4-18(17)21/h1-12,23H,(H,22,24). The maximum absolute atomic E-state index is 13.6. The van der Waals surface area contributed by atoms with E-state index in [9.17, 15) is 17.6 Å². The van der Waals surface area contributed by atoms with Crippen molar-refractivity contribution in [3.8, 4) is 0 Å². The van der Waals surface area contributed by atoms with Gasteiger partial charge in [-0.3, -0.25) is 9.52 Å². The van der Waals surface area contributed by atoms with Crippen molar-refractivity contribution in [1.82, 2.24) is 0 Å². The molecular weight excluding hydrogens is 435 g/mol. The largest absolute Gasteiger partial charge is 0.322 e. The monoisotopic (exact) mass is 448 g/mol. The molecule has 0 saturated heterocycles. The fourth-order valence-electron chi connectivity index (χ4n) is 2.29. The predicted molar refractivity (Wildman–Crippen MR) is 106 cm³/mol. The van der Waals surface area contributed by atoms with Crippen LogP contribution in [-0.2, 0) is 10.0 Å². The van der Waals surface area contributed by atoms with Crippen LogP contribution in [0.3, 0.4) is 0 Å². The maximum atomic E-state index is 13.6. The fraction of sp³-hybridized carbons (Fsp3) is 0. The van der Waals surface area contributed by atoms with Gasteiger partial charge in [0.05, 0.1) is 10.5 Å². The molecule has 0 aromatic heterocycles. The van der Waals surface area contributed by atoms with Gasteiger partial charge in [0.15, 0.2) is 0 Å². The average Bonchev–Trinajstić information content (AvgIpc) is 2.64. The van der Waals surface area contributed by atoms with Gasteiger partial charge in [0, 0.05) is 15.8 Å². The molecule has 0 radical (unpaired) electrons. The number of sulfonamides is 1. The van der Waals surface area contributed by atoms with Gasteiger partial charge in [-0.1, -0.05) is 28.1 Å². The van der Waals surface area contributed by atoms with Crippen LogP contribution in [0.4, 0.5) is 15.8 Å². The summed E-state index contributed by atoms with van der Waals surface area (Å²) in [4.78, 5) is 12.1. The van der Waals surface area contributed by atoms with E-state index in [1.807, 2.05) is 0 Å². The first-order valence-electron chi connectivity index (χ1n) is 7.79. The Balaban J connectivity index is 1.73. The summed E-state index contributed by atoms with van der Waals surface area (Å²) in [7, 11) is -3.77. The minimum absolute atomic E-state index is 0.0364. The van der Waals surface area contributed by atoms with Gasteiger partial charge in [0.2, 0.25) is 0 Å². The Morgan fingerprint density at radius 3 is 2.07 bits per heavy atom. The van der Waals surface area contributed by atoms with E-state index in [1.165, 1.54) is 42.5 Å². The molecule has 0 aliphatic heterocycles. The molecule has 0 unspecified atom stereocenters. The van der Waals surface area contributed by atoms with Crippen molar-refractivity contribution < 1.29 is 17.6 Å². The number of carbonyl (C=O) groups excluding carboxylic acids is 1. The molecule has 138 valence electrons. The first-order valence-corrected chi connectivity index (χ1v) is 10.1. The third kappa shape index (κ3) is 4.72. The van der Waals surface area contributed by atoms with Crippen LogP contribution in [0.5, 0.6) is 0 Å². The Morgan fingerprint density at radius 2 is 1.44 bits per heavy atom. The van der Waals surface area contributed by atoms with Gasteiger partial charge in [-0.2, -0.15) is 0 Å². The number of benzene rings is 3. The summed E-state index contributed by atoms with van der Waals surface area (Å²) in [6.45, 7) is 0. The topological polar surface area (TPSA) is 75.3 Å². The van der Waals surface area contributed by atoms with Crippen molar-refractivity contribution in [2.24, 2.45) is 0 Å². The molecular formula is C19H14BrFN2O3S. The Kier molecular flexibility index (Phi) is 5.57. The van der Waals surface area contributed by atoms with Gasteiger partial charge in [-0.05, 0) is 60.7 Å². The smallest absolute Gasteiger partial charge is 0.261 e.